The van der Waals surface area contributed by atoms with Gasteiger partial charge in [0.25, 0.3) is 5.91 Å². The minimum absolute atomic E-state index is 0.113. The van der Waals surface area contributed by atoms with E-state index in [4.69, 9.17) is 0 Å². The molecule has 0 aliphatic rings. The molecule has 0 radical (unpaired) electrons. The van der Waals surface area contributed by atoms with Crippen molar-refractivity contribution in [2.24, 2.45) is 0 Å². The first-order chi connectivity index (χ1) is 9.13. The lowest BCUT2D eigenvalue weighted by atomic mass is 10.3. The van der Waals surface area contributed by atoms with E-state index in [9.17, 15) is 9.18 Å². The van der Waals surface area contributed by atoms with Crippen LogP contribution in [0.15, 0.2) is 41.1 Å². The number of anilines is 1. The fraction of sp³-hybridized carbons (Fsp3) is 0.214. The fourth-order valence-electron chi connectivity index (χ4n) is 1.85. The van der Waals surface area contributed by atoms with Crippen molar-refractivity contribution in [2.45, 2.75) is 6.54 Å². The van der Waals surface area contributed by atoms with Crippen molar-refractivity contribution in [1.29, 1.82) is 0 Å². The van der Waals surface area contributed by atoms with Crippen molar-refractivity contribution in [3.63, 3.8) is 0 Å². The molecule has 1 heterocycles. The number of rotatable bonds is 5. The Morgan fingerprint density at radius 2 is 2.26 bits per heavy atom. The zero-order valence-corrected chi connectivity index (χ0v) is 11.5. The van der Waals surface area contributed by atoms with Gasteiger partial charge in [-0.15, -0.1) is 0 Å². The van der Waals surface area contributed by atoms with Gasteiger partial charge in [-0.25, -0.2) is 4.39 Å². The number of carbonyl (C=O) groups excluding carboxylic acids is 1. The van der Waals surface area contributed by atoms with Gasteiger partial charge >= 0.3 is 0 Å². The molecule has 100 valence electrons. The maximum atomic E-state index is 13.0. The molecule has 1 aromatic heterocycles. The van der Waals surface area contributed by atoms with Gasteiger partial charge in [-0.3, -0.25) is 4.79 Å². The summed E-state index contributed by atoms with van der Waals surface area (Å²) in [4.78, 5) is 12.9. The highest BCUT2D eigenvalue weighted by atomic mass is 32.1. The van der Waals surface area contributed by atoms with Crippen LogP contribution >= 0.6 is 11.3 Å². The molecule has 1 atom stereocenters. The minimum Gasteiger partial charge on any atom is -0.326 e. The van der Waals surface area contributed by atoms with Gasteiger partial charge in [-0.2, -0.15) is 11.3 Å². The minimum atomic E-state index is -0.350. The van der Waals surface area contributed by atoms with Crippen molar-refractivity contribution in [3.8, 4) is 0 Å². The van der Waals surface area contributed by atoms with E-state index in [1.165, 1.54) is 17.7 Å². The van der Waals surface area contributed by atoms with E-state index >= 15 is 0 Å². The smallest absolute Gasteiger partial charge is 0.279 e. The molecule has 1 aromatic carbocycles. The topological polar surface area (TPSA) is 33.5 Å². The van der Waals surface area contributed by atoms with Gasteiger partial charge in [0.05, 0.1) is 7.05 Å². The van der Waals surface area contributed by atoms with Crippen molar-refractivity contribution in [2.75, 3.05) is 18.9 Å². The summed E-state index contributed by atoms with van der Waals surface area (Å²) >= 11 is 1.65. The van der Waals surface area contributed by atoms with Gasteiger partial charge in [0.1, 0.15) is 12.4 Å². The SMILES string of the molecule is C[NH+](CC(=O)Nc1cccc(F)c1)Cc1ccsc1. The third-order valence-corrected chi connectivity index (χ3v) is 3.39. The maximum Gasteiger partial charge on any atom is 0.279 e. The highest BCUT2D eigenvalue weighted by molar-refractivity contribution is 7.07. The van der Waals surface area contributed by atoms with Gasteiger partial charge in [-0.05, 0) is 35.0 Å². The average Bonchev–Trinajstić information content (AvgIpc) is 2.81. The van der Waals surface area contributed by atoms with E-state index < -0.39 is 0 Å². The monoisotopic (exact) mass is 279 g/mol. The molecule has 2 N–H and O–H groups in total. The summed E-state index contributed by atoms with van der Waals surface area (Å²) in [7, 11) is 1.96. The molecule has 0 aliphatic heterocycles. The number of halogens is 1. The third kappa shape index (κ3) is 4.46. The largest absolute Gasteiger partial charge is 0.326 e. The van der Waals surface area contributed by atoms with E-state index in [1.54, 1.807) is 23.5 Å². The van der Waals surface area contributed by atoms with Crippen LogP contribution in [0, 0.1) is 5.82 Å². The molecule has 3 nitrogen and oxygen atoms in total. The summed E-state index contributed by atoms with van der Waals surface area (Å²) in [6.07, 6.45) is 0. The Balaban J connectivity index is 1.84. The van der Waals surface area contributed by atoms with Crippen LogP contribution < -0.4 is 10.2 Å². The molecular weight excluding hydrogens is 263 g/mol. The molecule has 0 bridgehead atoms. The molecule has 0 aliphatic carbocycles. The molecule has 1 amide bonds. The van der Waals surface area contributed by atoms with Crippen LogP contribution in [0.3, 0.4) is 0 Å². The quantitative estimate of drug-likeness (QED) is 0.855. The molecule has 0 fully saturated rings. The lowest BCUT2D eigenvalue weighted by molar-refractivity contribution is -0.885. The summed E-state index contributed by atoms with van der Waals surface area (Å²) in [5.41, 5.74) is 1.72. The Morgan fingerprint density at radius 3 is 2.95 bits per heavy atom. The molecule has 0 spiro atoms. The highest BCUT2D eigenvalue weighted by Crippen LogP contribution is 2.08. The van der Waals surface area contributed by atoms with Crippen LogP contribution in [-0.4, -0.2) is 19.5 Å². The zero-order chi connectivity index (χ0) is 13.7. The van der Waals surface area contributed by atoms with Gasteiger partial charge < -0.3 is 10.2 Å². The van der Waals surface area contributed by atoms with E-state index in [1.807, 2.05) is 12.4 Å². The number of thiophene rings is 1. The van der Waals surface area contributed by atoms with E-state index in [2.05, 4.69) is 16.8 Å². The number of likely N-dealkylation sites (N-methyl/N-ethyl adjacent to an activating group) is 1. The number of benzene rings is 1. The predicted octanol–water partition coefficient (Wildman–Crippen LogP) is 1.54. The first-order valence-corrected chi connectivity index (χ1v) is 6.95. The molecule has 5 heteroatoms. The third-order valence-electron chi connectivity index (χ3n) is 2.66. The van der Waals surface area contributed by atoms with Crippen LogP contribution in [0.2, 0.25) is 0 Å². The molecule has 0 saturated heterocycles. The molecule has 19 heavy (non-hydrogen) atoms. The maximum absolute atomic E-state index is 13.0. The van der Waals surface area contributed by atoms with Crippen molar-refractivity contribution < 1.29 is 14.1 Å². The van der Waals surface area contributed by atoms with Crippen LogP contribution in [0.1, 0.15) is 5.56 Å². The standard InChI is InChI=1S/C14H15FN2OS/c1-17(8-11-5-6-19-10-11)9-14(18)16-13-4-2-3-12(15)7-13/h2-7,10H,8-9H2,1H3,(H,16,18)/p+1. The second kappa shape index (κ2) is 6.45. The second-order valence-electron chi connectivity index (χ2n) is 4.50. The average molecular weight is 279 g/mol. The summed E-state index contributed by atoms with van der Waals surface area (Å²) in [5.74, 6) is -0.463. The zero-order valence-electron chi connectivity index (χ0n) is 10.7. The second-order valence-corrected chi connectivity index (χ2v) is 5.28. The lowest BCUT2D eigenvalue weighted by Gasteiger charge is -2.13. The summed E-state index contributed by atoms with van der Waals surface area (Å²) in [5, 5.41) is 6.80. The molecule has 1 unspecified atom stereocenters. The van der Waals surface area contributed by atoms with Gasteiger partial charge in [0.15, 0.2) is 6.54 Å². The fourth-order valence-corrected chi connectivity index (χ4v) is 2.52. The highest BCUT2D eigenvalue weighted by Gasteiger charge is 2.11. The van der Waals surface area contributed by atoms with Gasteiger partial charge in [-0.1, -0.05) is 6.07 Å². The Morgan fingerprint density at radius 1 is 1.42 bits per heavy atom. The molecular formula is C14H16FN2OS+. The summed E-state index contributed by atoms with van der Waals surface area (Å²) in [6, 6.07) is 7.97. The molecule has 2 aromatic rings. The number of carbonyl (C=O) groups is 1. The van der Waals surface area contributed by atoms with Crippen LogP contribution in [0.5, 0.6) is 0 Å². The molecule has 2 rings (SSSR count). The Bertz CT molecular complexity index is 542. The predicted molar refractivity (Wildman–Crippen MR) is 74.8 cm³/mol. The number of amides is 1. The van der Waals surface area contributed by atoms with Crippen LogP contribution in [0.4, 0.5) is 10.1 Å². The Labute approximate surface area is 115 Å². The Hall–Kier alpha value is -1.72. The summed E-state index contributed by atoms with van der Waals surface area (Å²) < 4.78 is 13.0. The lowest BCUT2D eigenvalue weighted by Crippen LogP contribution is -3.08. The van der Waals surface area contributed by atoms with Gasteiger partial charge in [0, 0.05) is 11.3 Å². The number of hydrogen-bond acceptors (Lipinski definition) is 2. The van der Waals surface area contributed by atoms with Crippen molar-refractivity contribution in [3.05, 3.63) is 52.5 Å². The van der Waals surface area contributed by atoms with Crippen molar-refractivity contribution >= 4 is 22.9 Å². The van der Waals surface area contributed by atoms with Gasteiger partial charge in [0.2, 0.25) is 0 Å². The van der Waals surface area contributed by atoms with E-state index in [-0.39, 0.29) is 11.7 Å². The van der Waals surface area contributed by atoms with Crippen LogP contribution in [0.25, 0.3) is 0 Å². The number of hydrogen-bond donors (Lipinski definition) is 2. The first kappa shape index (κ1) is 13.7. The number of quaternary nitrogens is 1. The van der Waals surface area contributed by atoms with Crippen LogP contribution in [-0.2, 0) is 11.3 Å². The molecule has 0 saturated carbocycles. The summed E-state index contributed by atoms with van der Waals surface area (Å²) in [6.45, 7) is 1.16. The number of nitrogens with one attached hydrogen (secondary N) is 2. The van der Waals surface area contributed by atoms with E-state index in [0.29, 0.717) is 12.2 Å². The Kier molecular flexibility index (Phi) is 4.65. The first-order valence-electron chi connectivity index (χ1n) is 6.01. The van der Waals surface area contributed by atoms with Crippen molar-refractivity contribution in [1.82, 2.24) is 0 Å². The normalized spacial score (nSPS) is 12.1. The van der Waals surface area contributed by atoms with E-state index in [0.717, 1.165) is 11.4 Å².